The van der Waals surface area contributed by atoms with Gasteiger partial charge in [-0.25, -0.2) is 0 Å². The molecule has 2 aromatic carbocycles. The maximum Gasteiger partial charge on any atom is 0.150 e. The number of carbonyl (C=O) groups is 2. The molecule has 2 rings (SSSR count). The van der Waals surface area contributed by atoms with Crippen LogP contribution in [0.5, 0.6) is 0 Å². The predicted octanol–water partition coefficient (Wildman–Crippen LogP) is 3.10. The number of carbonyl (C=O) groups excluding carboxylic acids is 2. The highest BCUT2D eigenvalue weighted by Gasteiger charge is 2.04. The van der Waals surface area contributed by atoms with Crippen molar-refractivity contribution in [2.24, 2.45) is 0 Å². The standard InChI is InChI=1S/C16H14O2/c17-11-15-7-3-1-5-13(15)9-10-14-6-2-4-8-16(14)12-18/h1-8,11-12H,9-10H2. The van der Waals surface area contributed by atoms with Crippen LogP contribution < -0.4 is 0 Å². The number of rotatable bonds is 5. The van der Waals surface area contributed by atoms with E-state index in [-0.39, 0.29) is 0 Å². The smallest absolute Gasteiger partial charge is 0.150 e. The van der Waals surface area contributed by atoms with Crippen LogP contribution in [0.1, 0.15) is 31.8 Å². The lowest BCUT2D eigenvalue weighted by Crippen LogP contribution is -1.98. The van der Waals surface area contributed by atoms with Crippen molar-refractivity contribution in [2.75, 3.05) is 0 Å². The van der Waals surface area contributed by atoms with Gasteiger partial charge in [-0.2, -0.15) is 0 Å². The van der Waals surface area contributed by atoms with E-state index in [1.165, 1.54) is 0 Å². The Morgan fingerprint density at radius 3 is 1.44 bits per heavy atom. The molecule has 90 valence electrons. The molecule has 2 heteroatoms. The third-order valence-corrected chi connectivity index (χ3v) is 3.03. The Hall–Kier alpha value is -2.22. The van der Waals surface area contributed by atoms with Gasteiger partial charge in [0.15, 0.2) is 0 Å². The average Bonchev–Trinajstić information content (AvgIpc) is 2.45. The summed E-state index contributed by atoms with van der Waals surface area (Å²) in [6.07, 6.45) is 3.28. The second-order valence-electron chi connectivity index (χ2n) is 4.13. The number of hydrogen-bond acceptors (Lipinski definition) is 2. The van der Waals surface area contributed by atoms with Gasteiger partial charge >= 0.3 is 0 Å². The van der Waals surface area contributed by atoms with Crippen LogP contribution in [-0.2, 0) is 12.8 Å². The van der Waals surface area contributed by atoms with Gasteiger partial charge in [0.1, 0.15) is 12.6 Å². The van der Waals surface area contributed by atoms with Gasteiger partial charge < -0.3 is 0 Å². The number of hydrogen-bond donors (Lipinski definition) is 0. The number of aryl methyl sites for hydroxylation is 2. The minimum Gasteiger partial charge on any atom is -0.298 e. The number of benzene rings is 2. The van der Waals surface area contributed by atoms with E-state index >= 15 is 0 Å². The van der Waals surface area contributed by atoms with E-state index in [1.54, 1.807) is 0 Å². The van der Waals surface area contributed by atoms with Crippen molar-refractivity contribution in [1.82, 2.24) is 0 Å². The van der Waals surface area contributed by atoms with Gasteiger partial charge in [0.25, 0.3) is 0 Å². The molecule has 0 aliphatic carbocycles. The van der Waals surface area contributed by atoms with Crippen molar-refractivity contribution in [3.63, 3.8) is 0 Å². The number of aldehydes is 2. The molecule has 2 aromatic rings. The molecule has 0 saturated carbocycles. The Balaban J connectivity index is 2.16. The zero-order chi connectivity index (χ0) is 12.8. The lowest BCUT2D eigenvalue weighted by Gasteiger charge is -2.06. The van der Waals surface area contributed by atoms with E-state index in [9.17, 15) is 9.59 Å². The Morgan fingerprint density at radius 1 is 0.667 bits per heavy atom. The van der Waals surface area contributed by atoms with Crippen molar-refractivity contribution in [3.05, 3.63) is 70.8 Å². The molecule has 0 aliphatic heterocycles. The van der Waals surface area contributed by atoms with E-state index in [1.807, 2.05) is 48.5 Å². The minimum atomic E-state index is 0.723. The zero-order valence-corrected chi connectivity index (χ0v) is 10.0. The first-order valence-corrected chi connectivity index (χ1v) is 5.91. The third kappa shape index (κ3) is 2.72. The SMILES string of the molecule is O=Cc1ccccc1CCc1ccccc1C=O. The summed E-state index contributed by atoms with van der Waals surface area (Å²) < 4.78 is 0. The van der Waals surface area contributed by atoms with E-state index < -0.39 is 0 Å². The molecule has 0 radical (unpaired) electrons. The molecule has 2 nitrogen and oxygen atoms in total. The van der Waals surface area contributed by atoms with Gasteiger partial charge in [-0.15, -0.1) is 0 Å². The second kappa shape index (κ2) is 5.92. The van der Waals surface area contributed by atoms with Gasteiger partial charge in [0, 0.05) is 11.1 Å². The van der Waals surface area contributed by atoms with E-state index in [2.05, 4.69) is 0 Å². The molecule has 0 N–H and O–H groups in total. The van der Waals surface area contributed by atoms with Crippen molar-refractivity contribution in [3.8, 4) is 0 Å². The van der Waals surface area contributed by atoms with Crippen LogP contribution >= 0.6 is 0 Å². The summed E-state index contributed by atoms with van der Waals surface area (Å²) >= 11 is 0. The summed E-state index contributed by atoms with van der Waals surface area (Å²) in [6.45, 7) is 0. The van der Waals surface area contributed by atoms with Crippen LogP contribution in [0.15, 0.2) is 48.5 Å². The highest BCUT2D eigenvalue weighted by Crippen LogP contribution is 2.13. The van der Waals surface area contributed by atoms with E-state index in [0.29, 0.717) is 0 Å². The molecule has 18 heavy (non-hydrogen) atoms. The summed E-state index contributed by atoms with van der Waals surface area (Å²) in [5.74, 6) is 0. The molecule has 0 saturated heterocycles. The Kier molecular flexibility index (Phi) is 4.02. The first-order valence-electron chi connectivity index (χ1n) is 5.91. The lowest BCUT2D eigenvalue weighted by atomic mass is 9.98. The molecule has 0 atom stereocenters. The van der Waals surface area contributed by atoms with Crippen molar-refractivity contribution in [1.29, 1.82) is 0 Å². The maximum atomic E-state index is 10.9. The van der Waals surface area contributed by atoms with E-state index in [0.717, 1.165) is 47.7 Å². The molecule has 0 heterocycles. The topological polar surface area (TPSA) is 34.1 Å². The molecule has 0 spiro atoms. The Labute approximate surface area is 106 Å². The fourth-order valence-electron chi connectivity index (χ4n) is 2.02. The van der Waals surface area contributed by atoms with Gasteiger partial charge in [-0.1, -0.05) is 48.5 Å². The molecule has 0 aromatic heterocycles. The molecule has 0 unspecified atom stereocenters. The molecule has 0 fully saturated rings. The summed E-state index contributed by atoms with van der Waals surface area (Å²) in [7, 11) is 0. The van der Waals surface area contributed by atoms with Crippen molar-refractivity contribution < 1.29 is 9.59 Å². The van der Waals surface area contributed by atoms with Crippen molar-refractivity contribution in [2.45, 2.75) is 12.8 Å². The Bertz CT molecular complexity index is 507. The minimum absolute atomic E-state index is 0.723. The van der Waals surface area contributed by atoms with Crippen LogP contribution in [-0.4, -0.2) is 12.6 Å². The summed E-state index contributed by atoms with van der Waals surface area (Å²) in [5.41, 5.74) is 3.49. The molecule has 0 amide bonds. The highest BCUT2D eigenvalue weighted by molar-refractivity contribution is 5.78. The molecule has 0 bridgehead atoms. The van der Waals surface area contributed by atoms with Gasteiger partial charge in [-0.05, 0) is 24.0 Å². The monoisotopic (exact) mass is 238 g/mol. The normalized spacial score (nSPS) is 10.0. The van der Waals surface area contributed by atoms with Gasteiger partial charge in [0.05, 0.1) is 0 Å². The lowest BCUT2D eigenvalue weighted by molar-refractivity contribution is 0.111. The van der Waals surface area contributed by atoms with Crippen molar-refractivity contribution >= 4 is 12.6 Å². The third-order valence-electron chi connectivity index (χ3n) is 3.03. The van der Waals surface area contributed by atoms with Crippen LogP contribution in [0.2, 0.25) is 0 Å². The first kappa shape index (κ1) is 12.2. The molecule has 0 aliphatic rings. The van der Waals surface area contributed by atoms with Crippen LogP contribution in [0, 0.1) is 0 Å². The van der Waals surface area contributed by atoms with Crippen LogP contribution in [0.25, 0.3) is 0 Å². The fourth-order valence-corrected chi connectivity index (χ4v) is 2.02. The predicted molar refractivity (Wildman–Crippen MR) is 71.1 cm³/mol. The summed E-state index contributed by atoms with van der Waals surface area (Å²) in [5, 5.41) is 0. The quantitative estimate of drug-likeness (QED) is 0.750. The summed E-state index contributed by atoms with van der Waals surface area (Å²) in [6, 6.07) is 15.1. The molecular formula is C16H14O2. The van der Waals surface area contributed by atoms with Gasteiger partial charge in [-0.3, -0.25) is 9.59 Å². The fraction of sp³-hybridized carbons (Fsp3) is 0.125. The van der Waals surface area contributed by atoms with Crippen LogP contribution in [0.3, 0.4) is 0 Å². The van der Waals surface area contributed by atoms with Gasteiger partial charge in [0.2, 0.25) is 0 Å². The second-order valence-corrected chi connectivity index (χ2v) is 4.13. The summed E-state index contributed by atoms with van der Waals surface area (Å²) in [4.78, 5) is 21.8. The average molecular weight is 238 g/mol. The van der Waals surface area contributed by atoms with E-state index in [4.69, 9.17) is 0 Å². The maximum absolute atomic E-state index is 10.9. The first-order chi connectivity index (χ1) is 8.85. The Morgan fingerprint density at radius 2 is 1.06 bits per heavy atom. The highest BCUT2D eigenvalue weighted by atomic mass is 16.1. The van der Waals surface area contributed by atoms with Crippen LogP contribution in [0.4, 0.5) is 0 Å². The zero-order valence-electron chi connectivity index (χ0n) is 10.0. The molecular weight excluding hydrogens is 224 g/mol. The largest absolute Gasteiger partial charge is 0.298 e.